The number of ether oxygens (including phenoxy) is 1. The number of rotatable bonds is 1. The Bertz CT molecular complexity index is 536. The summed E-state index contributed by atoms with van der Waals surface area (Å²) in [5.74, 6) is 0.683. The van der Waals surface area contributed by atoms with Crippen LogP contribution in [0.5, 0.6) is 5.75 Å². The van der Waals surface area contributed by atoms with Crippen molar-refractivity contribution in [1.29, 1.82) is 0 Å². The van der Waals surface area contributed by atoms with Gasteiger partial charge in [-0.2, -0.15) is 4.98 Å². The average Bonchev–Trinajstić information content (AvgIpc) is 2.16. The van der Waals surface area contributed by atoms with Crippen LogP contribution in [-0.4, -0.2) is 17.1 Å². The normalized spacial score (nSPS) is 10.4. The summed E-state index contributed by atoms with van der Waals surface area (Å²) in [6, 6.07) is 5.36. The third-order valence-electron chi connectivity index (χ3n) is 1.88. The van der Waals surface area contributed by atoms with Crippen molar-refractivity contribution in [3.63, 3.8) is 0 Å². The van der Waals surface area contributed by atoms with E-state index < -0.39 is 0 Å². The molecule has 1 heterocycles. The fourth-order valence-electron chi connectivity index (χ4n) is 1.22. The van der Waals surface area contributed by atoms with E-state index in [9.17, 15) is 4.79 Å². The molecule has 1 aromatic carbocycles. The zero-order valence-corrected chi connectivity index (χ0v) is 8.96. The standard InChI is InChI=1S/C9H7BrN2O2/c1-14-5-2-3-6-7(4-5)11-9(13)12-8(6)10/h2-4H,1H3,(H,11,12,13). The fourth-order valence-corrected chi connectivity index (χ4v) is 1.72. The van der Waals surface area contributed by atoms with Crippen LogP contribution in [0.15, 0.2) is 27.6 Å². The van der Waals surface area contributed by atoms with Gasteiger partial charge in [0, 0.05) is 11.5 Å². The van der Waals surface area contributed by atoms with Gasteiger partial charge in [-0.05, 0) is 28.1 Å². The van der Waals surface area contributed by atoms with Gasteiger partial charge in [0.2, 0.25) is 0 Å². The molecule has 0 amide bonds. The Morgan fingerprint density at radius 3 is 3.00 bits per heavy atom. The number of methoxy groups -OCH3 is 1. The molecule has 2 rings (SSSR count). The van der Waals surface area contributed by atoms with E-state index in [0.29, 0.717) is 15.9 Å². The number of hydrogen-bond donors (Lipinski definition) is 1. The topological polar surface area (TPSA) is 55.0 Å². The van der Waals surface area contributed by atoms with Gasteiger partial charge in [0.15, 0.2) is 0 Å². The highest BCUT2D eigenvalue weighted by Crippen LogP contribution is 2.22. The van der Waals surface area contributed by atoms with Crippen LogP contribution in [0.25, 0.3) is 10.9 Å². The molecule has 0 aliphatic rings. The molecule has 0 aliphatic carbocycles. The monoisotopic (exact) mass is 254 g/mol. The van der Waals surface area contributed by atoms with Crippen molar-refractivity contribution in [3.05, 3.63) is 33.3 Å². The maximum atomic E-state index is 11.1. The zero-order valence-electron chi connectivity index (χ0n) is 7.37. The number of nitrogens with one attached hydrogen (secondary N) is 1. The number of aromatic nitrogens is 2. The van der Waals surface area contributed by atoms with E-state index in [1.807, 2.05) is 12.1 Å². The van der Waals surface area contributed by atoms with Crippen LogP contribution in [0, 0.1) is 0 Å². The van der Waals surface area contributed by atoms with Crippen molar-refractivity contribution in [2.24, 2.45) is 0 Å². The minimum atomic E-state index is -0.377. The third kappa shape index (κ3) is 1.50. The first-order valence-electron chi connectivity index (χ1n) is 3.94. The first kappa shape index (κ1) is 9.21. The predicted octanol–water partition coefficient (Wildman–Crippen LogP) is 1.69. The molecule has 1 N–H and O–H groups in total. The summed E-state index contributed by atoms with van der Waals surface area (Å²) in [5.41, 5.74) is 0.234. The Kier molecular flexibility index (Phi) is 2.25. The van der Waals surface area contributed by atoms with Crippen molar-refractivity contribution >= 4 is 26.8 Å². The summed E-state index contributed by atoms with van der Waals surface area (Å²) in [5, 5.41) is 0.852. The van der Waals surface area contributed by atoms with Gasteiger partial charge in [0.1, 0.15) is 5.75 Å². The number of halogens is 1. The molecule has 4 nitrogen and oxygen atoms in total. The molecule has 0 unspecified atom stereocenters. The molecule has 0 radical (unpaired) electrons. The molecule has 0 saturated heterocycles. The van der Waals surface area contributed by atoms with Crippen LogP contribution in [-0.2, 0) is 0 Å². The number of aromatic amines is 1. The van der Waals surface area contributed by atoms with Crippen LogP contribution in [0.1, 0.15) is 0 Å². The fraction of sp³-hybridized carbons (Fsp3) is 0.111. The second-order valence-corrected chi connectivity index (χ2v) is 3.53. The Morgan fingerprint density at radius 2 is 2.29 bits per heavy atom. The van der Waals surface area contributed by atoms with Crippen LogP contribution in [0.4, 0.5) is 0 Å². The van der Waals surface area contributed by atoms with Crippen molar-refractivity contribution in [1.82, 2.24) is 9.97 Å². The van der Waals surface area contributed by atoms with Gasteiger partial charge in [0.05, 0.1) is 17.2 Å². The second-order valence-electron chi connectivity index (χ2n) is 2.74. The summed E-state index contributed by atoms with van der Waals surface area (Å²) in [7, 11) is 1.57. The second kappa shape index (κ2) is 3.42. The summed E-state index contributed by atoms with van der Waals surface area (Å²) in [6.45, 7) is 0. The highest BCUT2D eigenvalue weighted by atomic mass is 79.9. The lowest BCUT2D eigenvalue weighted by Crippen LogP contribution is -2.09. The molecular formula is C9H7BrN2O2. The lowest BCUT2D eigenvalue weighted by molar-refractivity contribution is 0.415. The molecule has 72 valence electrons. The Hall–Kier alpha value is -1.36. The van der Waals surface area contributed by atoms with E-state index >= 15 is 0 Å². The highest BCUT2D eigenvalue weighted by molar-refractivity contribution is 9.10. The number of nitrogens with zero attached hydrogens (tertiary/aromatic N) is 1. The van der Waals surface area contributed by atoms with Gasteiger partial charge in [-0.1, -0.05) is 0 Å². The van der Waals surface area contributed by atoms with Crippen LogP contribution in [0.3, 0.4) is 0 Å². The lowest BCUT2D eigenvalue weighted by Gasteiger charge is -2.02. The maximum absolute atomic E-state index is 11.1. The number of hydrogen-bond acceptors (Lipinski definition) is 3. The van der Waals surface area contributed by atoms with Crippen LogP contribution < -0.4 is 10.4 Å². The van der Waals surface area contributed by atoms with E-state index in [-0.39, 0.29) is 5.69 Å². The zero-order chi connectivity index (χ0) is 10.1. The summed E-state index contributed by atoms with van der Waals surface area (Å²) < 4.78 is 5.67. The average molecular weight is 255 g/mol. The minimum Gasteiger partial charge on any atom is -0.497 e. The number of benzene rings is 1. The summed E-state index contributed by atoms with van der Waals surface area (Å²) in [6.07, 6.45) is 0. The molecule has 0 fully saturated rings. The predicted molar refractivity (Wildman–Crippen MR) is 56.6 cm³/mol. The van der Waals surface area contributed by atoms with E-state index in [1.54, 1.807) is 13.2 Å². The van der Waals surface area contributed by atoms with Gasteiger partial charge < -0.3 is 4.74 Å². The summed E-state index contributed by atoms with van der Waals surface area (Å²) in [4.78, 5) is 17.5. The van der Waals surface area contributed by atoms with Crippen molar-refractivity contribution in [2.45, 2.75) is 0 Å². The van der Waals surface area contributed by atoms with Gasteiger partial charge in [-0.3, -0.25) is 4.98 Å². The first-order chi connectivity index (χ1) is 6.70. The van der Waals surface area contributed by atoms with Gasteiger partial charge in [-0.25, -0.2) is 4.79 Å². The minimum absolute atomic E-state index is 0.377. The molecule has 0 atom stereocenters. The molecule has 5 heteroatoms. The van der Waals surface area contributed by atoms with Gasteiger partial charge >= 0.3 is 5.69 Å². The number of H-pyrrole nitrogens is 1. The van der Waals surface area contributed by atoms with Crippen molar-refractivity contribution in [3.8, 4) is 5.75 Å². The van der Waals surface area contributed by atoms with Crippen LogP contribution in [0.2, 0.25) is 0 Å². The molecule has 0 saturated carbocycles. The summed E-state index contributed by atoms with van der Waals surface area (Å²) >= 11 is 3.26. The molecule has 0 aliphatic heterocycles. The van der Waals surface area contributed by atoms with E-state index in [4.69, 9.17) is 4.74 Å². The third-order valence-corrected chi connectivity index (χ3v) is 2.51. The molecular weight excluding hydrogens is 248 g/mol. The van der Waals surface area contributed by atoms with E-state index in [2.05, 4.69) is 25.9 Å². The van der Waals surface area contributed by atoms with Gasteiger partial charge in [0.25, 0.3) is 0 Å². The highest BCUT2D eigenvalue weighted by Gasteiger charge is 2.02. The lowest BCUT2D eigenvalue weighted by atomic mass is 10.2. The smallest absolute Gasteiger partial charge is 0.346 e. The Balaban J connectivity index is 2.82. The molecule has 0 spiro atoms. The van der Waals surface area contributed by atoms with E-state index in [0.717, 1.165) is 5.39 Å². The van der Waals surface area contributed by atoms with Gasteiger partial charge in [-0.15, -0.1) is 0 Å². The van der Waals surface area contributed by atoms with Crippen LogP contribution >= 0.6 is 15.9 Å². The van der Waals surface area contributed by atoms with Crippen molar-refractivity contribution < 1.29 is 4.74 Å². The number of fused-ring (bicyclic) bond motifs is 1. The Morgan fingerprint density at radius 1 is 1.50 bits per heavy atom. The molecule has 2 aromatic rings. The maximum Gasteiger partial charge on any atom is 0.346 e. The largest absolute Gasteiger partial charge is 0.497 e. The first-order valence-corrected chi connectivity index (χ1v) is 4.73. The molecule has 0 bridgehead atoms. The molecule has 14 heavy (non-hydrogen) atoms. The quantitative estimate of drug-likeness (QED) is 0.789. The van der Waals surface area contributed by atoms with E-state index in [1.165, 1.54) is 0 Å². The Labute approximate surface area is 88.1 Å². The molecule has 1 aromatic heterocycles. The SMILES string of the molecule is COc1ccc2c(Br)[nH]c(=O)nc2c1. The van der Waals surface area contributed by atoms with Crippen molar-refractivity contribution in [2.75, 3.05) is 7.11 Å².